The monoisotopic (exact) mass is 376 g/mol. The fraction of sp³-hybridized carbons (Fsp3) is 0.579. The maximum Gasteiger partial charge on any atom is 0.410 e. The summed E-state index contributed by atoms with van der Waals surface area (Å²) in [5.41, 5.74) is 1.91. The minimum atomic E-state index is -0.405. The van der Waals surface area contributed by atoms with Crippen LogP contribution >= 0.6 is 0 Å². The Morgan fingerprint density at radius 2 is 1.96 bits per heavy atom. The Balaban J connectivity index is 1.50. The van der Waals surface area contributed by atoms with Gasteiger partial charge >= 0.3 is 12.1 Å². The molecule has 1 heterocycles. The first-order valence-corrected chi connectivity index (χ1v) is 9.25. The molecule has 0 spiro atoms. The Hall–Kier alpha value is -2.64. The number of hydrogen-bond donors (Lipinski definition) is 0. The summed E-state index contributed by atoms with van der Waals surface area (Å²) in [7, 11) is 1.39. The van der Waals surface area contributed by atoms with Crippen molar-refractivity contribution in [1.82, 2.24) is 4.90 Å². The number of carbonyl (C=O) groups is 2. The molecule has 8 heteroatoms. The maximum absolute atomic E-state index is 12.5. The summed E-state index contributed by atoms with van der Waals surface area (Å²) < 4.78 is 10.4. The second kappa shape index (κ2) is 8.37. The average Bonchev–Trinajstić information content (AvgIpc) is 2.68. The van der Waals surface area contributed by atoms with Gasteiger partial charge in [-0.3, -0.25) is 14.9 Å². The van der Waals surface area contributed by atoms with Crippen molar-refractivity contribution in [2.45, 2.75) is 51.2 Å². The number of ether oxygens (including phenoxy) is 2. The second-order valence-corrected chi connectivity index (χ2v) is 7.19. The Labute approximate surface area is 157 Å². The molecule has 27 heavy (non-hydrogen) atoms. The summed E-state index contributed by atoms with van der Waals surface area (Å²) in [5.74, 6) is 0.104. The SMILES string of the molecule is COC(=O)CC1CCC(OC(=O)N2CCc3cc([N+](=O)[O-])ccc3C2)CC1. The van der Waals surface area contributed by atoms with Crippen LogP contribution in [-0.2, 0) is 27.2 Å². The molecule has 2 aliphatic rings. The van der Waals surface area contributed by atoms with Crippen molar-refractivity contribution < 1.29 is 24.0 Å². The van der Waals surface area contributed by atoms with E-state index in [1.807, 2.05) is 0 Å². The van der Waals surface area contributed by atoms with Crippen LogP contribution in [0.15, 0.2) is 18.2 Å². The molecular weight excluding hydrogens is 352 g/mol. The number of amides is 1. The summed E-state index contributed by atoms with van der Waals surface area (Å²) in [5, 5.41) is 10.9. The number of nitro groups is 1. The number of benzene rings is 1. The predicted molar refractivity (Wildman–Crippen MR) is 96.1 cm³/mol. The maximum atomic E-state index is 12.5. The minimum Gasteiger partial charge on any atom is -0.469 e. The van der Waals surface area contributed by atoms with Crippen molar-refractivity contribution in [2.75, 3.05) is 13.7 Å². The molecule has 0 atom stereocenters. The van der Waals surface area contributed by atoms with Gasteiger partial charge in [0.2, 0.25) is 0 Å². The standard InChI is InChI=1S/C19H24N2O6/c1-26-18(22)10-13-2-6-17(7-3-13)27-19(23)20-9-8-14-11-16(21(24)25)5-4-15(14)12-20/h4-5,11,13,17H,2-3,6-10,12H2,1H3. The van der Waals surface area contributed by atoms with E-state index >= 15 is 0 Å². The lowest BCUT2D eigenvalue weighted by atomic mass is 9.85. The first-order chi connectivity index (χ1) is 13.0. The van der Waals surface area contributed by atoms with E-state index in [4.69, 9.17) is 9.47 Å². The van der Waals surface area contributed by atoms with Crippen molar-refractivity contribution in [3.05, 3.63) is 39.4 Å². The molecule has 146 valence electrons. The van der Waals surface area contributed by atoms with Crippen molar-refractivity contribution >= 4 is 17.7 Å². The molecule has 0 saturated heterocycles. The number of hydrogen-bond acceptors (Lipinski definition) is 6. The third-order valence-corrected chi connectivity index (χ3v) is 5.42. The van der Waals surface area contributed by atoms with E-state index in [1.165, 1.54) is 13.2 Å². The van der Waals surface area contributed by atoms with Crippen LogP contribution in [-0.4, -0.2) is 41.6 Å². The van der Waals surface area contributed by atoms with Crippen molar-refractivity contribution in [2.24, 2.45) is 5.92 Å². The fourth-order valence-electron chi connectivity index (χ4n) is 3.80. The Morgan fingerprint density at radius 3 is 2.63 bits per heavy atom. The van der Waals surface area contributed by atoms with Crippen molar-refractivity contribution in [3.63, 3.8) is 0 Å². The van der Waals surface area contributed by atoms with Gasteiger partial charge in [-0.1, -0.05) is 6.07 Å². The van der Waals surface area contributed by atoms with E-state index in [0.29, 0.717) is 31.8 Å². The van der Waals surface area contributed by atoms with Gasteiger partial charge in [-0.2, -0.15) is 0 Å². The van der Waals surface area contributed by atoms with Gasteiger partial charge in [0.15, 0.2) is 0 Å². The molecule has 0 radical (unpaired) electrons. The van der Waals surface area contributed by atoms with Crippen LogP contribution in [0.4, 0.5) is 10.5 Å². The summed E-state index contributed by atoms with van der Waals surface area (Å²) in [6.07, 6.45) is 3.75. The van der Waals surface area contributed by atoms with E-state index in [0.717, 1.165) is 36.8 Å². The van der Waals surface area contributed by atoms with Crippen LogP contribution in [0.3, 0.4) is 0 Å². The van der Waals surface area contributed by atoms with Gasteiger partial charge in [-0.05, 0) is 49.1 Å². The lowest BCUT2D eigenvalue weighted by Crippen LogP contribution is -2.39. The van der Waals surface area contributed by atoms with Crippen LogP contribution in [0.25, 0.3) is 0 Å². The number of non-ortho nitro benzene ring substituents is 1. The summed E-state index contributed by atoms with van der Waals surface area (Å²) in [6.45, 7) is 0.897. The second-order valence-electron chi connectivity index (χ2n) is 7.19. The van der Waals surface area contributed by atoms with Gasteiger partial charge in [-0.25, -0.2) is 4.79 Å². The number of carbonyl (C=O) groups excluding carboxylic acids is 2. The molecular formula is C19H24N2O6. The molecule has 1 saturated carbocycles. The predicted octanol–water partition coefficient (Wildman–Crippen LogP) is 3.21. The Bertz CT molecular complexity index is 727. The fourth-order valence-corrected chi connectivity index (χ4v) is 3.80. The average molecular weight is 376 g/mol. The van der Waals surface area contributed by atoms with Crippen LogP contribution < -0.4 is 0 Å². The van der Waals surface area contributed by atoms with Crippen LogP contribution in [0.2, 0.25) is 0 Å². The number of rotatable bonds is 4. The zero-order valence-corrected chi connectivity index (χ0v) is 15.4. The van der Waals surface area contributed by atoms with Gasteiger partial charge in [0.25, 0.3) is 5.69 Å². The normalized spacial score (nSPS) is 21.9. The molecule has 1 aliphatic carbocycles. The number of esters is 1. The first-order valence-electron chi connectivity index (χ1n) is 9.25. The molecule has 8 nitrogen and oxygen atoms in total. The minimum absolute atomic E-state index is 0.0773. The van der Waals surface area contributed by atoms with E-state index in [-0.39, 0.29) is 23.9 Å². The highest BCUT2D eigenvalue weighted by molar-refractivity contribution is 5.69. The molecule has 1 aromatic rings. The molecule has 0 aromatic heterocycles. The molecule has 0 N–H and O–H groups in total. The van der Waals surface area contributed by atoms with E-state index in [9.17, 15) is 19.7 Å². The first kappa shape index (κ1) is 19.1. The van der Waals surface area contributed by atoms with E-state index in [1.54, 1.807) is 17.0 Å². The van der Waals surface area contributed by atoms with Crippen molar-refractivity contribution in [3.8, 4) is 0 Å². The highest BCUT2D eigenvalue weighted by Crippen LogP contribution is 2.30. The van der Waals surface area contributed by atoms with E-state index in [2.05, 4.69) is 0 Å². The molecule has 1 fully saturated rings. The van der Waals surface area contributed by atoms with Crippen LogP contribution in [0.1, 0.15) is 43.2 Å². The highest BCUT2D eigenvalue weighted by Gasteiger charge is 2.29. The quantitative estimate of drug-likeness (QED) is 0.454. The molecule has 1 aromatic carbocycles. The number of nitrogens with zero attached hydrogens (tertiary/aromatic N) is 2. The van der Waals surface area contributed by atoms with Gasteiger partial charge in [0.05, 0.1) is 12.0 Å². The third-order valence-electron chi connectivity index (χ3n) is 5.42. The smallest absolute Gasteiger partial charge is 0.410 e. The van der Waals surface area contributed by atoms with Crippen molar-refractivity contribution in [1.29, 1.82) is 0 Å². The third kappa shape index (κ3) is 4.75. The molecule has 3 rings (SSSR count). The number of methoxy groups -OCH3 is 1. The lowest BCUT2D eigenvalue weighted by Gasteiger charge is -2.32. The van der Waals surface area contributed by atoms with Crippen LogP contribution in [0, 0.1) is 16.0 Å². The zero-order valence-electron chi connectivity index (χ0n) is 15.4. The van der Waals surface area contributed by atoms with Gasteiger partial charge in [-0.15, -0.1) is 0 Å². The van der Waals surface area contributed by atoms with Gasteiger partial charge in [0, 0.05) is 31.6 Å². The Morgan fingerprint density at radius 1 is 1.22 bits per heavy atom. The lowest BCUT2D eigenvalue weighted by molar-refractivity contribution is -0.384. The Kier molecular flexibility index (Phi) is 5.93. The number of nitro benzene ring substituents is 1. The molecule has 0 bridgehead atoms. The van der Waals surface area contributed by atoms with Gasteiger partial charge < -0.3 is 14.4 Å². The van der Waals surface area contributed by atoms with Gasteiger partial charge in [0.1, 0.15) is 6.10 Å². The highest BCUT2D eigenvalue weighted by atomic mass is 16.6. The molecule has 0 unspecified atom stereocenters. The topological polar surface area (TPSA) is 99.0 Å². The summed E-state index contributed by atoms with van der Waals surface area (Å²) >= 11 is 0. The molecule has 1 aliphatic heterocycles. The summed E-state index contributed by atoms with van der Waals surface area (Å²) in [6, 6.07) is 4.77. The number of fused-ring (bicyclic) bond motifs is 1. The zero-order chi connectivity index (χ0) is 19.4. The van der Waals surface area contributed by atoms with Crippen LogP contribution in [0.5, 0.6) is 0 Å². The molecule has 1 amide bonds. The van der Waals surface area contributed by atoms with E-state index < -0.39 is 4.92 Å². The summed E-state index contributed by atoms with van der Waals surface area (Å²) in [4.78, 5) is 35.9. The largest absolute Gasteiger partial charge is 0.469 e.